The molecule has 0 aliphatic rings. The quantitative estimate of drug-likeness (QED) is 0.367. The number of nitrogens with one attached hydrogen (secondary N) is 2. The number of nitrogens with zero attached hydrogens (tertiary/aromatic N) is 5. The van der Waals surface area contributed by atoms with Crippen molar-refractivity contribution in [1.82, 2.24) is 29.5 Å². The molecule has 0 saturated carbocycles. The minimum atomic E-state index is -4.52. The molecule has 0 fully saturated rings. The lowest BCUT2D eigenvalue weighted by Crippen LogP contribution is -2.19. The van der Waals surface area contributed by atoms with Crippen molar-refractivity contribution in [3.05, 3.63) is 93.0 Å². The summed E-state index contributed by atoms with van der Waals surface area (Å²) in [6, 6.07) is 12.1. The molecule has 0 saturated heterocycles. The number of alkyl halides is 3. The standard InChI is InChI=1S/C23H15ClF3N7O2/c1-12-9-18(29-20(35)13-5-7-14(8-6-13)23(25,26)27)34(32-12)22-30-19-17(21(36)31-22)11-28-33(19)16-4-2-3-15(24)10-16/h2-11H,1H3,(H,29,35)(H,30,31,36). The molecular weight excluding hydrogens is 499 g/mol. The molecule has 36 heavy (non-hydrogen) atoms. The summed E-state index contributed by atoms with van der Waals surface area (Å²) in [5, 5.41) is 11.8. The van der Waals surface area contributed by atoms with Crippen LogP contribution >= 0.6 is 11.6 Å². The highest BCUT2D eigenvalue weighted by molar-refractivity contribution is 6.30. The smallest absolute Gasteiger partial charge is 0.306 e. The van der Waals surface area contributed by atoms with Gasteiger partial charge in [-0.2, -0.15) is 33.0 Å². The van der Waals surface area contributed by atoms with Crippen LogP contribution in [0.1, 0.15) is 21.6 Å². The van der Waals surface area contributed by atoms with Crippen LogP contribution in [0.5, 0.6) is 0 Å². The molecular formula is C23H15ClF3N7O2. The molecule has 9 nitrogen and oxygen atoms in total. The van der Waals surface area contributed by atoms with Gasteiger partial charge in [0.15, 0.2) is 5.65 Å². The first-order valence-corrected chi connectivity index (χ1v) is 10.8. The summed E-state index contributed by atoms with van der Waals surface area (Å²) < 4.78 is 41.1. The van der Waals surface area contributed by atoms with E-state index in [0.29, 0.717) is 16.4 Å². The van der Waals surface area contributed by atoms with Crippen LogP contribution in [0.25, 0.3) is 22.7 Å². The highest BCUT2D eigenvalue weighted by Crippen LogP contribution is 2.29. The molecule has 1 amide bonds. The molecule has 0 aliphatic heterocycles. The first-order chi connectivity index (χ1) is 17.1. The van der Waals surface area contributed by atoms with E-state index < -0.39 is 23.2 Å². The van der Waals surface area contributed by atoms with E-state index in [9.17, 15) is 22.8 Å². The maximum atomic E-state index is 12.8. The van der Waals surface area contributed by atoms with Crippen LogP contribution in [0.4, 0.5) is 19.0 Å². The lowest BCUT2D eigenvalue weighted by Gasteiger charge is -2.10. The summed E-state index contributed by atoms with van der Waals surface area (Å²) in [7, 11) is 0. The molecule has 0 unspecified atom stereocenters. The first-order valence-electron chi connectivity index (χ1n) is 10.4. The number of H-pyrrole nitrogens is 1. The Morgan fingerprint density at radius 1 is 1.08 bits per heavy atom. The van der Waals surface area contributed by atoms with E-state index in [1.807, 2.05) is 0 Å². The average Bonchev–Trinajstić information content (AvgIpc) is 3.42. The third-order valence-electron chi connectivity index (χ3n) is 5.23. The third kappa shape index (κ3) is 4.33. The molecule has 13 heteroatoms. The Kier molecular flexibility index (Phi) is 5.59. The number of halogens is 4. The molecule has 0 aliphatic carbocycles. The maximum Gasteiger partial charge on any atom is 0.416 e. The molecule has 3 heterocycles. The minimum absolute atomic E-state index is 0.00402. The molecule has 5 rings (SSSR count). The summed E-state index contributed by atoms with van der Waals surface area (Å²) in [4.78, 5) is 32.6. The van der Waals surface area contributed by atoms with E-state index >= 15 is 0 Å². The van der Waals surface area contributed by atoms with Gasteiger partial charge in [0.1, 0.15) is 11.2 Å². The number of rotatable bonds is 4. The molecule has 0 radical (unpaired) electrons. The average molecular weight is 514 g/mol. The highest BCUT2D eigenvalue weighted by atomic mass is 35.5. The van der Waals surface area contributed by atoms with E-state index in [2.05, 4.69) is 25.5 Å². The predicted molar refractivity (Wildman–Crippen MR) is 126 cm³/mol. The van der Waals surface area contributed by atoms with E-state index in [1.54, 1.807) is 31.2 Å². The van der Waals surface area contributed by atoms with Crippen molar-refractivity contribution >= 4 is 34.4 Å². The molecule has 3 aromatic heterocycles. The minimum Gasteiger partial charge on any atom is -0.306 e. The van der Waals surface area contributed by atoms with E-state index in [-0.39, 0.29) is 28.4 Å². The van der Waals surface area contributed by atoms with Crippen LogP contribution in [0.2, 0.25) is 5.02 Å². The number of aromatic nitrogens is 6. The second-order valence-corrected chi connectivity index (χ2v) is 8.21. The monoisotopic (exact) mass is 513 g/mol. The van der Waals surface area contributed by atoms with E-state index in [4.69, 9.17) is 11.6 Å². The zero-order chi connectivity index (χ0) is 25.6. The Morgan fingerprint density at radius 2 is 1.83 bits per heavy atom. The van der Waals surface area contributed by atoms with Gasteiger partial charge in [0.05, 0.1) is 23.1 Å². The fourth-order valence-corrected chi connectivity index (χ4v) is 3.74. The number of benzene rings is 2. The second kappa shape index (κ2) is 8.64. The Morgan fingerprint density at radius 3 is 2.53 bits per heavy atom. The number of anilines is 1. The summed E-state index contributed by atoms with van der Waals surface area (Å²) in [5.74, 6) is -0.530. The summed E-state index contributed by atoms with van der Waals surface area (Å²) in [6.07, 6.45) is -3.15. The molecule has 5 aromatic rings. The number of hydrogen-bond donors (Lipinski definition) is 2. The van der Waals surface area contributed by atoms with Gasteiger partial charge in [-0.3, -0.25) is 14.6 Å². The van der Waals surface area contributed by atoms with Crippen molar-refractivity contribution in [1.29, 1.82) is 0 Å². The summed E-state index contributed by atoms with van der Waals surface area (Å²) >= 11 is 6.09. The van der Waals surface area contributed by atoms with Crippen molar-refractivity contribution in [2.24, 2.45) is 0 Å². The number of aromatic amines is 1. The van der Waals surface area contributed by atoms with Crippen molar-refractivity contribution in [2.75, 3.05) is 5.32 Å². The number of amides is 1. The largest absolute Gasteiger partial charge is 0.416 e. The van der Waals surface area contributed by atoms with Gasteiger partial charge in [-0.25, -0.2) is 4.68 Å². The van der Waals surface area contributed by atoms with Gasteiger partial charge in [-0.15, -0.1) is 0 Å². The van der Waals surface area contributed by atoms with Gasteiger partial charge in [-0.1, -0.05) is 17.7 Å². The van der Waals surface area contributed by atoms with Gasteiger partial charge in [0, 0.05) is 16.7 Å². The lowest BCUT2D eigenvalue weighted by atomic mass is 10.1. The SMILES string of the molecule is Cc1cc(NC(=O)c2ccc(C(F)(F)F)cc2)n(-c2nc3c(cnn3-c3cccc(Cl)c3)c(=O)[nH]2)n1. The van der Waals surface area contributed by atoms with Crippen molar-refractivity contribution in [3.8, 4) is 11.6 Å². The van der Waals surface area contributed by atoms with Crippen molar-refractivity contribution in [3.63, 3.8) is 0 Å². The van der Waals surface area contributed by atoms with E-state index in [0.717, 1.165) is 24.3 Å². The van der Waals surface area contributed by atoms with Gasteiger partial charge in [-0.05, 0) is 49.4 Å². The fraction of sp³-hybridized carbons (Fsp3) is 0.0870. The Balaban J connectivity index is 1.53. The number of hydrogen-bond acceptors (Lipinski definition) is 5. The molecule has 0 spiro atoms. The van der Waals surface area contributed by atoms with Gasteiger partial charge >= 0.3 is 6.18 Å². The van der Waals surface area contributed by atoms with Crippen molar-refractivity contribution in [2.45, 2.75) is 13.1 Å². The second-order valence-electron chi connectivity index (χ2n) is 7.78. The number of carbonyl (C=O) groups is 1. The van der Waals surface area contributed by atoms with Crippen LogP contribution in [0, 0.1) is 6.92 Å². The fourth-order valence-electron chi connectivity index (χ4n) is 3.55. The highest BCUT2D eigenvalue weighted by Gasteiger charge is 2.30. The first kappa shape index (κ1) is 23.3. The Labute approximate surface area is 205 Å². The van der Waals surface area contributed by atoms with Crippen LogP contribution in [-0.2, 0) is 6.18 Å². The normalized spacial score (nSPS) is 11.7. The van der Waals surface area contributed by atoms with Crippen LogP contribution in [0.15, 0.2) is 65.6 Å². The number of aryl methyl sites for hydroxylation is 1. The van der Waals surface area contributed by atoms with E-state index in [1.165, 1.54) is 21.6 Å². The molecule has 2 N–H and O–H groups in total. The number of carbonyl (C=O) groups excluding carboxylic acids is 1. The Hall–Kier alpha value is -4.45. The van der Waals surface area contributed by atoms with Crippen LogP contribution < -0.4 is 10.9 Å². The van der Waals surface area contributed by atoms with Gasteiger partial charge in [0.2, 0.25) is 5.95 Å². The van der Waals surface area contributed by atoms with Gasteiger partial charge in [0.25, 0.3) is 11.5 Å². The zero-order valence-electron chi connectivity index (χ0n) is 18.3. The molecule has 182 valence electrons. The third-order valence-corrected chi connectivity index (χ3v) is 5.46. The molecule has 2 aromatic carbocycles. The Bertz CT molecular complexity index is 1670. The predicted octanol–water partition coefficient (Wildman–Crippen LogP) is 4.53. The van der Waals surface area contributed by atoms with Crippen molar-refractivity contribution < 1.29 is 18.0 Å². The van der Waals surface area contributed by atoms with Crippen LogP contribution in [0.3, 0.4) is 0 Å². The van der Waals surface area contributed by atoms with Crippen LogP contribution in [-0.4, -0.2) is 35.4 Å². The topological polar surface area (TPSA) is 110 Å². The number of fused-ring (bicyclic) bond motifs is 1. The maximum absolute atomic E-state index is 12.8. The zero-order valence-corrected chi connectivity index (χ0v) is 19.1. The summed E-state index contributed by atoms with van der Waals surface area (Å²) in [6.45, 7) is 1.66. The lowest BCUT2D eigenvalue weighted by molar-refractivity contribution is -0.137. The summed E-state index contributed by atoms with van der Waals surface area (Å²) in [5.41, 5.74) is -0.0610. The van der Waals surface area contributed by atoms with Gasteiger partial charge < -0.3 is 5.32 Å². The molecule has 0 bridgehead atoms. The molecule has 0 atom stereocenters.